The van der Waals surface area contributed by atoms with Crippen molar-refractivity contribution in [3.63, 3.8) is 0 Å². The Kier molecular flexibility index (Phi) is 2.22. The van der Waals surface area contributed by atoms with Gasteiger partial charge in [0.05, 0.1) is 0 Å². The maximum Gasteiger partial charge on any atom is 0.439 e. The van der Waals surface area contributed by atoms with Crippen molar-refractivity contribution in [2.45, 2.75) is 0 Å². The smallest absolute Gasteiger partial charge is 0.296 e. The number of nitrogens with zero attached hydrogens (tertiary/aromatic N) is 4. The van der Waals surface area contributed by atoms with Crippen LogP contribution in [0, 0.1) is 0 Å². The van der Waals surface area contributed by atoms with Crippen LogP contribution in [0.3, 0.4) is 0 Å². The predicted octanol–water partition coefficient (Wildman–Crippen LogP) is 1.97. The lowest BCUT2D eigenvalue weighted by Crippen LogP contribution is -1.94. The monoisotopic (exact) mass is 203 g/mol. The van der Waals surface area contributed by atoms with Crippen LogP contribution in [-0.2, 0) is 0 Å². The lowest BCUT2D eigenvalue weighted by Gasteiger charge is -1.94. The molecule has 0 saturated carbocycles. The summed E-state index contributed by atoms with van der Waals surface area (Å²) in [5, 5.41) is 6.93. The van der Waals surface area contributed by atoms with Crippen molar-refractivity contribution in [2.24, 2.45) is 5.11 Å². The summed E-state index contributed by atoms with van der Waals surface area (Å²) < 4.78 is 4.35. The van der Waals surface area contributed by atoms with Gasteiger partial charge in [-0.2, -0.15) is 0 Å². The fourth-order valence-corrected chi connectivity index (χ4v) is 1.09. The van der Waals surface area contributed by atoms with E-state index in [0.29, 0.717) is 17.1 Å². The highest BCUT2D eigenvalue weighted by atomic mass is 16.5. The van der Waals surface area contributed by atoms with E-state index in [0.717, 1.165) is 0 Å². The Labute approximate surface area is 83.0 Å². The minimum absolute atomic E-state index is 0.340. The molecule has 1 N–H and O–H groups in total. The van der Waals surface area contributed by atoms with E-state index in [1.807, 2.05) is 0 Å². The second-order valence-electron chi connectivity index (χ2n) is 2.68. The third-order valence-corrected chi connectivity index (χ3v) is 1.74. The fraction of sp³-hybridized carbons (Fsp3) is 0. The molecular formula is C8H5N5O2. The predicted molar refractivity (Wildman–Crippen MR) is 51.4 cm³/mol. The van der Waals surface area contributed by atoms with Crippen LogP contribution in [0.2, 0.25) is 0 Å². The van der Waals surface area contributed by atoms with Gasteiger partial charge in [0.1, 0.15) is 0 Å². The minimum atomic E-state index is -0.607. The normalized spacial score (nSPS) is 9.60. The van der Waals surface area contributed by atoms with Gasteiger partial charge >= 0.3 is 5.76 Å². The van der Waals surface area contributed by atoms with E-state index in [1.54, 1.807) is 24.3 Å². The standard InChI is InChI=1S/C8H5N5O2/c9-13-11-6-3-1-5(2-4-6)7-10-8(14)15-12-7/h1-4H,(H,10,12,14). The minimum Gasteiger partial charge on any atom is -0.296 e. The Morgan fingerprint density at radius 1 is 1.40 bits per heavy atom. The van der Waals surface area contributed by atoms with Crippen molar-refractivity contribution in [1.82, 2.24) is 10.1 Å². The number of hydrogen-bond acceptors (Lipinski definition) is 4. The van der Waals surface area contributed by atoms with Gasteiger partial charge in [-0.25, -0.2) is 4.79 Å². The van der Waals surface area contributed by atoms with E-state index >= 15 is 0 Å². The van der Waals surface area contributed by atoms with Gasteiger partial charge in [0, 0.05) is 16.2 Å². The van der Waals surface area contributed by atoms with Gasteiger partial charge < -0.3 is 0 Å². The SMILES string of the molecule is [N-]=[N+]=Nc1ccc(-c2noc(=O)[nH]2)cc1. The number of aromatic amines is 1. The Morgan fingerprint density at radius 3 is 2.67 bits per heavy atom. The van der Waals surface area contributed by atoms with E-state index in [-0.39, 0.29) is 0 Å². The van der Waals surface area contributed by atoms with E-state index in [1.165, 1.54) is 0 Å². The zero-order valence-corrected chi connectivity index (χ0v) is 7.41. The third-order valence-electron chi connectivity index (χ3n) is 1.74. The van der Waals surface area contributed by atoms with Gasteiger partial charge in [-0.05, 0) is 5.53 Å². The fourth-order valence-electron chi connectivity index (χ4n) is 1.09. The molecule has 7 heteroatoms. The van der Waals surface area contributed by atoms with Crippen molar-refractivity contribution in [3.8, 4) is 11.4 Å². The Morgan fingerprint density at radius 2 is 2.13 bits per heavy atom. The molecule has 2 aromatic rings. The average Bonchev–Trinajstić information content (AvgIpc) is 2.67. The van der Waals surface area contributed by atoms with Crippen LogP contribution in [0.5, 0.6) is 0 Å². The van der Waals surface area contributed by atoms with Crippen molar-refractivity contribution < 1.29 is 4.52 Å². The Hall–Kier alpha value is -2.53. The molecule has 7 nitrogen and oxygen atoms in total. The Bertz CT molecular complexity index is 561. The highest BCUT2D eigenvalue weighted by molar-refractivity contribution is 5.57. The molecule has 0 saturated heterocycles. The molecule has 1 aromatic heterocycles. The second-order valence-corrected chi connectivity index (χ2v) is 2.68. The number of azide groups is 1. The molecule has 2 rings (SSSR count). The number of rotatable bonds is 2. The van der Waals surface area contributed by atoms with Gasteiger partial charge in [-0.1, -0.05) is 34.5 Å². The summed E-state index contributed by atoms with van der Waals surface area (Å²) >= 11 is 0. The van der Waals surface area contributed by atoms with Gasteiger partial charge in [0.25, 0.3) is 0 Å². The maximum atomic E-state index is 10.7. The summed E-state index contributed by atoms with van der Waals surface area (Å²) in [5.41, 5.74) is 9.36. The zero-order valence-electron chi connectivity index (χ0n) is 7.41. The molecule has 74 valence electrons. The molecule has 0 atom stereocenters. The van der Waals surface area contributed by atoms with Crippen LogP contribution in [0.15, 0.2) is 38.7 Å². The first-order chi connectivity index (χ1) is 7.29. The molecule has 0 aliphatic heterocycles. The molecule has 0 fully saturated rings. The first-order valence-corrected chi connectivity index (χ1v) is 4.01. The van der Waals surface area contributed by atoms with Gasteiger partial charge in [0.15, 0.2) is 5.82 Å². The summed E-state index contributed by atoms with van der Waals surface area (Å²) in [7, 11) is 0. The average molecular weight is 203 g/mol. The second kappa shape index (κ2) is 3.69. The first kappa shape index (κ1) is 9.04. The van der Waals surface area contributed by atoms with Crippen molar-refractivity contribution in [3.05, 3.63) is 45.3 Å². The van der Waals surface area contributed by atoms with Crippen LogP contribution in [0.1, 0.15) is 0 Å². The molecule has 0 bridgehead atoms. The number of benzene rings is 1. The molecule has 15 heavy (non-hydrogen) atoms. The summed E-state index contributed by atoms with van der Waals surface area (Å²) in [5.74, 6) is -0.267. The zero-order chi connectivity index (χ0) is 10.7. The lowest BCUT2D eigenvalue weighted by molar-refractivity contribution is 0.388. The van der Waals surface area contributed by atoms with E-state index in [4.69, 9.17) is 5.53 Å². The molecular weight excluding hydrogens is 198 g/mol. The summed E-state index contributed by atoms with van der Waals surface area (Å²) in [6, 6.07) is 6.56. The molecule has 1 heterocycles. The van der Waals surface area contributed by atoms with Crippen LogP contribution < -0.4 is 5.76 Å². The van der Waals surface area contributed by atoms with Gasteiger partial charge in [-0.15, -0.1) is 0 Å². The van der Waals surface area contributed by atoms with Crippen LogP contribution in [0.25, 0.3) is 21.8 Å². The maximum absolute atomic E-state index is 10.7. The lowest BCUT2D eigenvalue weighted by atomic mass is 10.2. The van der Waals surface area contributed by atoms with Gasteiger partial charge in [0.2, 0.25) is 0 Å². The molecule has 1 aromatic carbocycles. The molecule has 0 unspecified atom stereocenters. The quantitative estimate of drug-likeness (QED) is 0.457. The van der Waals surface area contributed by atoms with Crippen molar-refractivity contribution in [1.29, 1.82) is 0 Å². The molecule has 0 aliphatic rings. The topological polar surface area (TPSA) is 108 Å². The van der Waals surface area contributed by atoms with Gasteiger partial charge in [-0.3, -0.25) is 9.51 Å². The molecule has 0 amide bonds. The number of nitrogens with one attached hydrogen (secondary N) is 1. The molecule has 0 aliphatic carbocycles. The van der Waals surface area contributed by atoms with E-state index in [2.05, 4.69) is 24.7 Å². The largest absolute Gasteiger partial charge is 0.439 e. The first-order valence-electron chi connectivity index (χ1n) is 4.01. The van der Waals surface area contributed by atoms with Crippen LogP contribution in [0.4, 0.5) is 5.69 Å². The van der Waals surface area contributed by atoms with Crippen LogP contribution in [-0.4, -0.2) is 10.1 Å². The van der Waals surface area contributed by atoms with Crippen LogP contribution >= 0.6 is 0 Å². The highest BCUT2D eigenvalue weighted by Crippen LogP contribution is 2.18. The number of H-pyrrole nitrogens is 1. The van der Waals surface area contributed by atoms with E-state index in [9.17, 15) is 4.79 Å². The van der Waals surface area contributed by atoms with Crippen molar-refractivity contribution >= 4 is 5.69 Å². The molecule has 0 radical (unpaired) electrons. The highest BCUT2D eigenvalue weighted by Gasteiger charge is 2.02. The summed E-state index contributed by atoms with van der Waals surface area (Å²) in [6.07, 6.45) is 0. The van der Waals surface area contributed by atoms with E-state index < -0.39 is 5.76 Å². The summed E-state index contributed by atoms with van der Waals surface area (Å²) in [6.45, 7) is 0. The van der Waals surface area contributed by atoms with Crippen molar-refractivity contribution in [2.75, 3.05) is 0 Å². The number of aromatic nitrogens is 2. The number of hydrogen-bond donors (Lipinski definition) is 1. The summed E-state index contributed by atoms with van der Waals surface area (Å²) in [4.78, 5) is 15.7. The third kappa shape index (κ3) is 1.87. The Balaban J connectivity index is 2.39. The molecule has 0 spiro atoms.